The highest BCUT2D eigenvalue weighted by Gasteiger charge is 2.43. The molecule has 1 saturated heterocycles. The van der Waals surface area contributed by atoms with E-state index in [0.717, 1.165) is 12.0 Å². The monoisotopic (exact) mass is 292 g/mol. The van der Waals surface area contributed by atoms with Crippen molar-refractivity contribution in [1.82, 2.24) is 0 Å². The molecule has 5 atom stereocenters. The first-order valence-corrected chi connectivity index (χ1v) is 7.55. The number of ether oxygens (including phenoxy) is 2. The summed E-state index contributed by atoms with van der Waals surface area (Å²) in [5.41, 5.74) is 0.846. The van der Waals surface area contributed by atoms with Crippen LogP contribution in [0.3, 0.4) is 0 Å². The van der Waals surface area contributed by atoms with Crippen molar-refractivity contribution in [3.8, 4) is 5.75 Å². The Morgan fingerprint density at radius 1 is 1.33 bits per heavy atom. The molecule has 0 spiro atoms. The third kappa shape index (κ3) is 3.38. The van der Waals surface area contributed by atoms with E-state index in [1.54, 1.807) is 18.2 Å². The predicted molar refractivity (Wildman–Crippen MR) is 79.9 cm³/mol. The summed E-state index contributed by atoms with van der Waals surface area (Å²) in [4.78, 5) is 11.4. The van der Waals surface area contributed by atoms with Gasteiger partial charge in [0, 0.05) is 12.8 Å². The highest BCUT2D eigenvalue weighted by Crippen LogP contribution is 2.41. The fourth-order valence-electron chi connectivity index (χ4n) is 3.10. The summed E-state index contributed by atoms with van der Waals surface area (Å²) in [5, 5.41) is 9.69. The minimum Gasteiger partial charge on any atom is -0.508 e. The Kier molecular flexibility index (Phi) is 4.88. The van der Waals surface area contributed by atoms with Crippen molar-refractivity contribution in [2.75, 3.05) is 0 Å². The summed E-state index contributed by atoms with van der Waals surface area (Å²) < 4.78 is 11.7. The molecule has 2 rings (SSSR count). The van der Waals surface area contributed by atoms with Gasteiger partial charge in [-0.3, -0.25) is 4.79 Å². The summed E-state index contributed by atoms with van der Waals surface area (Å²) in [6.45, 7) is 7.75. The molecular weight excluding hydrogens is 268 g/mol. The van der Waals surface area contributed by atoms with E-state index in [4.69, 9.17) is 9.47 Å². The van der Waals surface area contributed by atoms with E-state index >= 15 is 0 Å². The minimum atomic E-state index is -0.336. The lowest BCUT2D eigenvalue weighted by Gasteiger charge is -2.44. The summed E-state index contributed by atoms with van der Waals surface area (Å²) in [5.74, 6) is 0.396. The third-order valence-electron chi connectivity index (χ3n) is 4.46. The van der Waals surface area contributed by atoms with Crippen molar-refractivity contribution in [1.29, 1.82) is 0 Å². The van der Waals surface area contributed by atoms with E-state index in [2.05, 4.69) is 20.8 Å². The first-order chi connectivity index (χ1) is 9.93. The lowest BCUT2D eigenvalue weighted by molar-refractivity contribution is -0.196. The van der Waals surface area contributed by atoms with E-state index in [1.807, 2.05) is 6.07 Å². The Bertz CT molecular complexity index is 499. The zero-order valence-electron chi connectivity index (χ0n) is 13.1. The van der Waals surface area contributed by atoms with Gasteiger partial charge in [0.25, 0.3) is 0 Å². The second-order valence-electron chi connectivity index (χ2n) is 5.89. The van der Waals surface area contributed by atoms with Crippen LogP contribution in [0.25, 0.3) is 0 Å². The molecule has 1 N–H and O–H groups in total. The van der Waals surface area contributed by atoms with E-state index < -0.39 is 0 Å². The van der Waals surface area contributed by atoms with Crippen LogP contribution >= 0.6 is 0 Å². The van der Waals surface area contributed by atoms with Crippen LogP contribution in [0.4, 0.5) is 0 Å². The Morgan fingerprint density at radius 2 is 2.05 bits per heavy atom. The smallest absolute Gasteiger partial charge is 0.303 e. The Balaban J connectivity index is 2.35. The van der Waals surface area contributed by atoms with Gasteiger partial charge in [0.2, 0.25) is 0 Å². The highest BCUT2D eigenvalue weighted by molar-refractivity contribution is 5.66. The average Bonchev–Trinajstić information content (AvgIpc) is 2.44. The average molecular weight is 292 g/mol. The van der Waals surface area contributed by atoms with Gasteiger partial charge in [-0.25, -0.2) is 0 Å². The van der Waals surface area contributed by atoms with Crippen LogP contribution in [0.2, 0.25) is 0 Å². The van der Waals surface area contributed by atoms with Gasteiger partial charge in [0.15, 0.2) is 0 Å². The van der Waals surface area contributed by atoms with E-state index in [0.29, 0.717) is 5.92 Å². The van der Waals surface area contributed by atoms with Crippen LogP contribution in [0, 0.1) is 11.8 Å². The number of benzene rings is 1. The SMILES string of the molecule is CC[C@H]1O[C@H](c2cccc(O)c2)[C@@H](OC(C)=O)[C@@H](C)[C@@H]1C. The van der Waals surface area contributed by atoms with Crippen LogP contribution in [-0.4, -0.2) is 23.3 Å². The third-order valence-corrected chi connectivity index (χ3v) is 4.46. The number of phenolic OH excluding ortho intramolecular Hbond substituents is 1. The summed E-state index contributed by atoms with van der Waals surface area (Å²) in [6, 6.07) is 6.98. The number of aromatic hydroxyl groups is 1. The number of esters is 1. The summed E-state index contributed by atoms with van der Waals surface area (Å²) in [6.07, 6.45) is 0.367. The van der Waals surface area contributed by atoms with Crippen LogP contribution in [-0.2, 0) is 14.3 Å². The highest BCUT2D eigenvalue weighted by atomic mass is 16.6. The maximum absolute atomic E-state index is 11.4. The van der Waals surface area contributed by atoms with Gasteiger partial charge in [-0.1, -0.05) is 32.9 Å². The fraction of sp³-hybridized carbons (Fsp3) is 0.588. The standard InChI is InChI=1S/C17H24O4/c1-5-15-10(2)11(3)16(20-12(4)18)17(21-15)13-7-6-8-14(19)9-13/h6-11,15-17,19H,5H2,1-4H3/t10-,11-,15+,16-,17+/m0/s1. The lowest BCUT2D eigenvalue weighted by Crippen LogP contribution is -2.46. The first kappa shape index (κ1) is 15.8. The van der Waals surface area contributed by atoms with Gasteiger partial charge in [0.05, 0.1) is 6.10 Å². The normalized spacial score (nSPS) is 32.7. The molecule has 0 aliphatic carbocycles. The molecule has 1 aliphatic rings. The van der Waals surface area contributed by atoms with Gasteiger partial charge in [-0.05, 0) is 30.0 Å². The fourth-order valence-corrected chi connectivity index (χ4v) is 3.10. The summed E-state index contributed by atoms with van der Waals surface area (Å²) >= 11 is 0. The molecule has 1 aromatic carbocycles. The predicted octanol–water partition coefficient (Wildman–Crippen LogP) is 3.45. The zero-order valence-corrected chi connectivity index (χ0v) is 13.1. The number of carbonyl (C=O) groups excluding carboxylic acids is 1. The van der Waals surface area contributed by atoms with Crippen LogP contribution in [0.5, 0.6) is 5.75 Å². The second-order valence-corrected chi connectivity index (χ2v) is 5.89. The second kappa shape index (κ2) is 6.48. The topological polar surface area (TPSA) is 55.8 Å². The Morgan fingerprint density at radius 3 is 2.62 bits per heavy atom. The first-order valence-electron chi connectivity index (χ1n) is 7.55. The van der Waals surface area contributed by atoms with E-state index in [9.17, 15) is 9.90 Å². The van der Waals surface area contributed by atoms with E-state index in [-0.39, 0.29) is 35.9 Å². The largest absolute Gasteiger partial charge is 0.508 e. The minimum absolute atomic E-state index is 0.124. The van der Waals surface area contributed by atoms with E-state index in [1.165, 1.54) is 6.92 Å². The molecule has 4 nitrogen and oxygen atoms in total. The molecule has 116 valence electrons. The Hall–Kier alpha value is -1.55. The van der Waals surface area contributed by atoms with Gasteiger partial charge in [0.1, 0.15) is 18.0 Å². The maximum Gasteiger partial charge on any atom is 0.303 e. The summed E-state index contributed by atoms with van der Waals surface area (Å²) in [7, 11) is 0. The van der Waals surface area contributed by atoms with Crippen molar-refractivity contribution in [2.24, 2.45) is 11.8 Å². The quantitative estimate of drug-likeness (QED) is 0.867. The molecule has 1 aromatic rings. The van der Waals surface area contributed by atoms with Crippen LogP contribution < -0.4 is 0 Å². The molecule has 0 aromatic heterocycles. The zero-order chi connectivity index (χ0) is 15.6. The van der Waals surface area contributed by atoms with Crippen LogP contribution in [0.15, 0.2) is 24.3 Å². The van der Waals surface area contributed by atoms with Gasteiger partial charge in [-0.15, -0.1) is 0 Å². The number of carbonyl (C=O) groups is 1. The van der Waals surface area contributed by atoms with Crippen molar-refractivity contribution >= 4 is 5.97 Å². The van der Waals surface area contributed by atoms with Crippen LogP contribution in [0.1, 0.15) is 45.8 Å². The molecule has 1 aliphatic heterocycles. The van der Waals surface area contributed by atoms with Gasteiger partial charge in [-0.2, -0.15) is 0 Å². The molecule has 21 heavy (non-hydrogen) atoms. The van der Waals surface area contributed by atoms with Crippen molar-refractivity contribution in [3.05, 3.63) is 29.8 Å². The number of phenols is 1. The van der Waals surface area contributed by atoms with Gasteiger partial charge >= 0.3 is 5.97 Å². The molecule has 4 heteroatoms. The molecule has 0 saturated carbocycles. The van der Waals surface area contributed by atoms with Gasteiger partial charge < -0.3 is 14.6 Å². The molecule has 0 unspecified atom stereocenters. The maximum atomic E-state index is 11.4. The number of hydrogen-bond donors (Lipinski definition) is 1. The lowest BCUT2D eigenvalue weighted by atomic mass is 9.79. The number of hydrogen-bond acceptors (Lipinski definition) is 4. The molecular formula is C17H24O4. The molecule has 0 radical (unpaired) electrons. The molecule has 1 fully saturated rings. The molecule has 0 amide bonds. The molecule has 1 heterocycles. The Labute approximate surface area is 126 Å². The molecule has 0 bridgehead atoms. The van der Waals surface area contributed by atoms with Crippen molar-refractivity contribution < 1.29 is 19.4 Å². The van der Waals surface area contributed by atoms with Crippen molar-refractivity contribution in [3.63, 3.8) is 0 Å². The number of rotatable bonds is 3. The van der Waals surface area contributed by atoms with Crippen molar-refractivity contribution in [2.45, 2.75) is 52.4 Å².